The molecule has 0 saturated heterocycles. The van der Waals surface area contributed by atoms with Crippen LogP contribution in [0.25, 0.3) is 0 Å². The highest BCUT2D eigenvalue weighted by molar-refractivity contribution is 7.98. The van der Waals surface area contributed by atoms with E-state index >= 15 is 0 Å². The molecule has 0 aliphatic carbocycles. The van der Waals surface area contributed by atoms with Crippen LogP contribution < -0.4 is 5.32 Å². The lowest BCUT2D eigenvalue weighted by Crippen LogP contribution is -2.34. The number of thioether (sulfide) groups is 1. The Morgan fingerprint density at radius 3 is 2.52 bits per heavy atom. The van der Waals surface area contributed by atoms with Gasteiger partial charge in [-0.05, 0) is 48.0 Å². The van der Waals surface area contributed by atoms with Crippen LogP contribution in [0, 0.1) is 0 Å². The van der Waals surface area contributed by atoms with Gasteiger partial charge in [-0.2, -0.15) is 0 Å². The third kappa shape index (κ3) is 6.07. The van der Waals surface area contributed by atoms with E-state index < -0.39 is 0 Å². The minimum atomic E-state index is -0.308. The van der Waals surface area contributed by atoms with Gasteiger partial charge < -0.3 is 10.2 Å². The molecule has 0 aliphatic rings. The topological polar surface area (TPSA) is 62.3 Å². The van der Waals surface area contributed by atoms with Crippen LogP contribution in [0.1, 0.15) is 15.9 Å². The molecule has 0 bridgehead atoms. The normalized spacial score (nSPS) is 10.4. The molecule has 1 N–H and O–H groups in total. The van der Waals surface area contributed by atoms with Crippen LogP contribution in [-0.2, 0) is 10.5 Å². The molecule has 1 aromatic heterocycles. The van der Waals surface area contributed by atoms with Crippen molar-refractivity contribution in [3.8, 4) is 0 Å². The number of benzene rings is 2. The molecule has 0 radical (unpaired) electrons. The van der Waals surface area contributed by atoms with Gasteiger partial charge in [0.05, 0.1) is 17.3 Å². The van der Waals surface area contributed by atoms with E-state index in [1.807, 2.05) is 30.5 Å². The number of nitrogens with zero attached hydrogens (tertiary/aromatic N) is 2. The van der Waals surface area contributed by atoms with Crippen LogP contribution >= 0.6 is 23.4 Å². The average Bonchev–Trinajstić information content (AvgIpc) is 2.74. The molecule has 1 heterocycles. The highest BCUT2D eigenvalue weighted by atomic mass is 35.5. The summed E-state index contributed by atoms with van der Waals surface area (Å²) in [6.45, 7) is -0.0679. The molecule has 0 spiro atoms. The van der Waals surface area contributed by atoms with Crippen LogP contribution in [0.15, 0.2) is 78.0 Å². The van der Waals surface area contributed by atoms with Gasteiger partial charge in [-0.15, -0.1) is 11.8 Å². The fraction of sp³-hybridized carbons (Fsp3) is 0.136. The number of para-hydroxylation sites is 1. The summed E-state index contributed by atoms with van der Waals surface area (Å²) in [5.41, 5.74) is 2.20. The number of halogens is 1. The first-order valence-corrected chi connectivity index (χ1v) is 10.3. The number of rotatable bonds is 7. The van der Waals surface area contributed by atoms with Crippen molar-refractivity contribution < 1.29 is 9.59 Å². The largest absolute Gasteiger partial charge is 0.332 e. The molecule has 0 fully saturated rings. The standard InChI is InChI=1S/C22H20ClN3O2S/c1-26(14-21(27)25-20-7-3-2-6-19(20)23)22(28)17-8-10-18(11-9-17)29-15-16-5-4-12-24-13-16/h2-13H,14-15H2,1H3,(H,25,27). The summed E-state index contributed by atoms with van der Waals surface area (Å²) in [5, 5.41) is 3.17. The first kappa shape index (κ1) is 20.9. The third-order valence-corrected chi connectivity index (χ3v) is 5.52. The quantitative estimate of drug-likeness (QED) is 0.555. The smallest absolute Gasteiger partial charge is 0.254 e. The lowest BCUT2D eigenvalue weighted by atomic mass is 10.2. The summed E-state index contributed by atoms with van der Waals surface area (Å²) in [6, 6.07) is 18.3. The van der Waals surface area contributed by atoms with E-state index in [9.17, 15) is 9.59 Å². The van der Waals surface area contributed by atoms with E-state index in [4.69, 9.17) is 11.6 Å². The van der Waals surface area contributed by atoms with Gasteiger partial charge in [-0.1, -0.05) is 29.8 Å². The summed E-state index contributed by atoms with van der Waals surface area (Å²) in [4.78, 5) is 31.4. The molecule has 148 valence electrons. The Hall–Kier alpha value is -2.83. The zero-order valence-corrected chi connectivity index (χ0v) is 17.4. The van der Waals surface area contributed by atoms with Crippen molar-refractivity contribution in [2.75, 3.05) is 18.9 Å². The van der Waals surface area contributed by atoms with Crippen LogP contribution in [0.3, 0.4) is 0 Å². The third-order valence-electron chi connectivity index (χ3n) is 4.10. The molecule has 7 heteroatoms. The summed E-state index contributed by atoms with van der Waals surface area (Å²) in [6.07, 6.45) is 3.59. The Morgan fingerprint density at radius 2 is 1.83 bits per heavy atom. The number of hydrogen-bond acceptors (Lipinski definition) is 4. The molecule has 0 saturated carbocycles. The van der Waals surface area contributed by atoms with Crippen LogP contribution in [-0.4, -0.2) is 35.3 Å². The molecule has 0 aliphatic heterocycles. The van der Waals surface area contributed by atoms with Crippen molar-refractivity contribution in [2.24, 2.45) is 0 Å². The predicted molar refractivity (Wildman–Crippen MR) is 117 cm³/mol. The molecule has 2 aromatic carbocycles. The van der Waals surface area contributed by atoms with Gasteiger partial charge in [-0.3, -0.25) is 14.6 Å². The highest BCUT2D eigenvalue weighted by Gasteiger charge is 2.15. The predicted octanol–water partition coefficient (Wildman–Crippen LogP) is 4.74. The van der Waals surface area contributed by atoms with Gasteiger partial charge in [0, 0.05) is 35.7 Å². The van der Waals surface area contributed by atoms with Crippen LogP contribution in [0.5, 0.6) is 0 Å². The molecular weight excluding hydrogens is 406 g/mol. The van der Waals surface area contributed by atoms with E-state index in [1.54, 1.807) is 61.4 Å². The molecule has 29 heavy (non-hydrogen) atoms. The van der Waals surface area contributed by atoms with E-state index in [2.05, 4.69) is 10.3 Å². The highest BCUT2D eigenvalue weighted by Crippen LogP contribution is 2.23. The molecule has 3 aromatic rings. The number of carbonyl (C=O) groups is 2. The van der Waals surface area contributed by atoms with Gasteiger partial charge in [-0.25, -0.2) is 0 Å². The first-order chi connectivity index (χ1) is 14.0. The number of nitrogens with one attached hydrogen (secondary N) is 1. The number of likely N-dealkylation sites (N-methyl/N-ethyl adjacent to an activating group) is 1. The van der Waals surface area contributed by atoms with Crippen molar-refractivity contribution in [1.29, 1.82) is 0 Å². The monoisotopic (exact) mass is 425 g/mol. The summed E-state index contributed by atoms with van der Waals surface area (Å²) in [7, 11) is 1.60. The number of amides is 2. The summed E-state index contributed by atoms with van der Waals surface area (Å²) >= 11 is 7.72. The maximum absolute atomic E-state index is 12.6. The lowest BCUT2D eigenvalue weighted by Gasteiger charge is -2.17. The van der Waals surface area contributed by atoms with Crippen LogP contribution in [0.2, 0.25) is 5.02 Å². The molecular formula is C22H20ClN3O2S. The number of anilines is 1. The van der Waals surface area contributed by atoms with Crippen molar-refractivity contribution in [2.45, 2.75) is 10.6 Å². The Kier molecular flexibility index (Phi) is 7.27. The summed E-state index contributed by atoms with van der Waals surface area (Å²) < 4.78 is 0. The fourth-order valence-corrected chi connectivity index (χ4v) is 3.62. The van der Waals surface area contributed by atoms with Crippen molar-refractivity contribution in [1.82, 2.24) is 9.88 Å². The summed E-state index contributed by atoms with van der Waals surface area (Å²) in [5.74, 6) is 0.282. The van der Waals surface area contributed by atoms with Gasteiger partial charge in [0.2, 0.25) is 5.91 Å². The Labute approximate surface area is 179 Å². The minimum Gasteiger partial charge on any atom is -0.332 e. The van der Waals surface area contributed by atoms with Crippen molar-refractivity contribution in [3.63, 3.8) is 0 Å². The van der Waals surface area contributed by atoms with Crippen molar-refractivity contribution in [3.05, 3.63) is 89.2 Å². The number of carbonyl (C=O) groups excluding carboxylic acids is 2. The van der Waals surface area contributed by atoms with Crippen molar-refractivity contribution >= 4 is 40.9 Å². The molecule has 0 unspecified atom stereocenters. The molecule has 0 atom stereocenters. The minimum absolute atomic E-state index is 0.0679. The molecule has 5 nitrogen and oxygen atoms in total. The Bertz CT molecular complexity index is 981. The SMILES string of the molecule is CN(CC(=O)Nc1ccccc1Cl)C(=O)c1ccc(SCc2cccnc2)cc1. The Morgan fingerprint density at radius 1 is 1.07 bits per heavy atom. The second-order valence-electron chi connectivity index (χ2n) is 6.36. The maximum Gasteiger partial charge on any atom is 0.254 e. The van der Waals surface area contributed by atoms with E-state index in [0.717, 1.165) is 16.2 Å². The maximum atomic E-state index is 12.6. The zero-order chi connectivity index (χ0) is 20.6. The lowest BCUT2D eigenvalue weighted by molar-refractivity contribution is -0.116. The number of aromatic nitrogens is 1. The van der Waals surface area contributed by atoms with Gasteiger partial charge >= 0.3 is 0 Å². The van der Waals surface area contributed by atoms with Gasteiger partial charge in [0.1, 0.15) is 0 Å². The van der Waals surface area contributed by atoms with E-state index in [0.29, 0.717) is 16.3 Å². The van der Waals surface area contributed by atoms with E-state index in [-0.39, 0.29) is 18.4 Å². The zero-order valence-electron chi connectivity index (χ0n) is 15.8. The average molecular weight is 426 g/mol. The number of hydrogen-bond donors (Lipinski definition) is 1. The second-order valence-corrected chi connectivity index (χ2v) is 7.82. The molecule has 3 rings (SSSR count). The fourth-order valence-electron chi connectivity index (χ4n) is 2.60. The Balaban J connectivity index is 1.53. The second kappa shape index (κ2) is 10.1. The number of pyridine rings is 1. The van der Waals surface area contributed by atoms with E-state index in [1.165, 1.54) is 4.90 Å². The first-order valence-electron chi connectivity index (χ1n) is 8.94. The van der Waals surface area contributed by atoms with Gasteiger partial charge in [0.15, 0.2) is 0 Å². The molecule has 2 amide bonds. The van der Waals surface area contributed by atoms with Gasteiger partial charge in [0.25, 0.3) is 5.91 Å². The van der Waals surface area contributed by atoms with Crippen LogP contribution in [0.4, 0.5) is 5.69 Å².